The molecule has 0 amide bonds. The summed E-state index contributed by atoms with van der Waals surface area (Å²) in [6, 6.07) is 4.85. The number of nitrogen functional groups attached to an aromatic ring is 1. The van der Waals surface area contributed by atoms with Crippen LogP contribution in [0.5, 0.6) is 0 Å². The summed E-state index contributed by atoms with van der Waals surface area (Å²) in [5.41, 5.74) is 6.69. The SMILES string of the molecule is CC(C)c1ccc(F)c(N)c1.Cl. The smallest absolute Gasteiger partial charge is 0.146 e. The van der Waals surface area contributed by atoms with Crippen LogP contribution in [0.3, 0.4) is 0 Å². The van der Waals surface area contributed by atoms with Crippen LogP contribution in [0, 0.1) is 5.82 Å². The molecule has 1 nitrogen and oxygen atoms in total. The maximum Gasteiger partial charge on any atom is 0.146 e. The van der Waals surface area contributed by atoms with Gasteiger partial charge in [-0.3, -0.25) is 0 Å². The number of hydrogen-bond donors (Lipinski definition) is 1. The largest absolute Gasteiger partial charge is 0.396 e. The molecule has 12 heavy (non-hydrogen) atoms. The molecule has 3 heteroatoms. The Balaban J connectivity index is 0.00000121. The van der Waals surface area contributed by atoms with Gasteiger partial charge in [-0.15, -0.1) is 12.4 Å². The fraction of sp³-hybridized carbons (Fsp3) is 0.333. The zero-order valence-corrected chi connectivity index (χ0v) is 7.99. The van der Waals surface area contributed by atoms with Crippen molar-refractivity contribution in [1.29, 1.82) is 0 Å². The molecule has 0 atom stereocenters. The third-order valence-corrected chi connectivity index (χ3v) is 1.69. The molecule has 0 saturated heterocycles. The van der Waals surface area contributed by atoms with Crippen molar-refractivity contribution in [3.8, 4) is 0 Å². The maximum absolute atomic E-state index is 12.6. The zero-order chi connectivity index (χ0) is 8.43. The highest BCUT2D eigenvalue weighted by Gasteiger charge is 2.01. The normalized spacial score (nSPS) is 9.67. The summed E-state index contributed by atoms with van der Waals surface area (Å²) in [5.74, 6) is 0.0623. The molecule has 0 radical (unpaired) electrons. The molecule has 0 spiro atoms. The Morgan fingerprint density at radius 2 is 1.92 bits per heavy atom. The molecule has 0 aliphatic rings. The van der Waals surface area contributed by atoms with Crippen LogP contribution in [0.15, 0.2) is 18.2 Å². The van der Waals surface area contributed by atoms with Crippen molar-refractivity contribution < 1.29 is 4.39 Å². The minimum atomic E-state index is -0.339. The molecule has 1 aromatic carbocycles. The third-order valence-electron chi connectivity index (χ3n) is 1.69. The van der Waals surface area contributed by atoms with Gasteiger partial charge in [-0.2, -0.15) is 0 Å². The molecule has 0 fully saturated rings. The van der Waals surface area contributed by atoms with Gasteiger partial charge >= 0.3 is 0 Å². The molecule has 2 N–H and O–H groups in total. The van der Waals surface area contributed by atoms with Gasteiger partial charge in [-0.25, -0.2) is 4.39 Å². The van der Waals surface area contributed by atoms with Crippen molar-refractivity contribution >= 4 is 18.1 Å². The third kappa shape index (κ3) is 2.38. The van der Waals surface area contributed by atoms with Crippen LogP contribution in [0.1, 0.15) is 25.3 Å². The molecule has 0 aromatic heterocycles. The molecule has 1 rings (SSSR count). The number of halogens is 2. The van der Waals surface area contributed by atoms with Crippen LogP contribution >= 0.6 is 12.4 Å². The van der Waals surface area contributed by atoms with Gasteiger partial charge in [-0.05, 0) is 23.6 Å². The van der Waals surface area contributed by atoms with Crippen molar-refractivity contribution in [3.05, 3.63) is 29.6 Å². The van der Waals surface area contributed by atoms with Gasteiger partial charge < -0.3 is 5.73 Å². The Morgan fingerprint density at radius 3 is 2.33 bits per heavy atom. The molecule has 0 saturated carbocycles. The first-order chi connectivity index (χ1) is 5.11. The summed E-state index contributed by atoms with van der Waals surface area (Å²) in [7, 11) is 0. The van der Waals surface area contributed by atoms with Gasteiger partial charge in [0.2, 0.25) is 0 Å². The van der Waals surface area contributed by atoms with Crippen LogP contribution in [0.2, 0.25) is 0 Å². The average Bonchev–Trinajstić information content (AvgIpc) is 1.94. The summed E-state index contributed by atoms with van der Waals surface area (Å²) in [4.78, 5) is 0. The molecule has 0 aliphatic heterocycles. The van der Waals surface area contributed by atoms with E-state index in [2.05, 4.69) is 0 Å². The van der Waals surface area contributed by atoms with E-state index in [0.29, 0.717) is 5.92 Å². The second-order valence-corrected chi connectivity index (χ2v) is 2.94. The first-order valence-corrected chi connectivity index (χ1v) is 3.66. The Labute approximate surface area is 78.2 Å². The Morgan fingerprint density at radius 1 is 1.33 bits per heavy atom. The molecule has 0 aliphatic carbocycles. The highest BCUT2D eigenvalue weighted by atomic mass is 35.5. The summed E-state index contributed by atoms with van der Waals surface area (Å²) >= 11 is 0. The highest BCUT2D eigenvalue weighted by molar-refractivity contribution is 5.85. The predicted octanol–water partition coefficient (Wildman–Crippen LogP) is 2.95. The van der Waals surface area contributed by atoms with Crippen molar-refractivity contribution in [2.45, 2.75) is 19.8 Å². The number of rotatable bonds is 1. The van der Waals surface area contributed by atoms with E-state index in [1.165, 1.54) is 6.07 Å². The lowest BCUT2D eigenvalue weighted by Gasteiger charge is -2.05. The second-order valence-electron chi connectivity index (χ2n) is 2.94. The summed E-state index contributed by atoms with van der Waals surface area (Å²) < 4.78 is 12.6. The van der Waals surface area contributed by atoms with Crippen LogP contribution in [-0.2, 0) is 0 Å². The van der Waals surface area contributed by atoms with Crippen molar-refractivity contribution in [2.24, 2.45) is 0 Å². The fourth-order valence-corrected chi connectivity index (χ4v) is 0.921. The summed E-state index contributed by atoms with van der Waals surface area (Å²) in [6.45, 7) is 4.10. The molecule has 1 aromatic rings. The van der Waals surface area contributed by atoms with Crippen molar-refractivity contribution in [2.75, 3.05) is 5.73 Å². The van der Waals surface area contributed by atoms with Gasteiger partial charge in [0.05, 0.1) is 5.69 Å². The number of anilines is 1. The first-order valence-electron chi connectivity index (χ1n) is 3.66. The molecule has 0 heterocycles. The Kier molecular flexibility index (Phi) is 4.04. The maximum atomic E-state index is 12.6. The van der Waals surface area contributed by atoms with Crippen LogP contribution in [0.25, 0.3) is 0 Å². The van der Waals surface area contributed by atoms with Crippen molar-refractivity contribution in [1.82, 2.24) is 0 Å². The second kappa shape index (κ2) is 4.31. The number of hydrogen-bond acceptors (Lipinski definition) is 1. The summed E-state index contributed by atoms with van der Waals surface area (Å²) in [5, 5.41) is 0. The van der Waals surface area contributed by atoms with E-state index in [1.807, 2.05) is 13.8 Å². The molecule has 0 bridgehead atoms. The minimum absolute atomic E-state index is 0. The molecule has 68 valence electrons. The average molecular weight is 190 g/mol. The topological polar surface area (TPSA) is 26.0 Å². The number of benzene rings is 1. The lowest BCUT2D eigenvalue weighted by atomic mass is 10.0. The quantitative estimate of drug-likeness (QED) is 0.676. The lowest BCUT2D eigenvalue weighted by molar-refractivity contribution is 0.631. The fourth-order valence-electron chi connectivity index (χ4n) is 0.921. The Hall–Kier alpha value is -0.760. The van der Waals surface area contributed by atoms with Crippen molar-refractivity contribution in [3.63, 3.8) is 0 Å². The first kappa shape index (κ1) is 11.2. The van der Waals surface area contributed by atoms with E-state index in [0.717, 1.165) is 5.56 Å². The van der Waals surface area contributed by atoms with E-state index >= 15 is 0 Å². The van der Waals surface area contributed by atoms with E-state index in [-0.39, 0.29) is 23.9 Å². The lowest BCUT2D eigenvalue weighted by Crippen LogP contribution is -1.94. The number of nitrogens with two attached hydrogens (primary N) is 1. The Bertz CT molecular complexity index is 261. The van der Waals surface area contributed by atoms with Gasteiger partial charge in [0.25, 0.3) is 0 Å². The van der Waals surface area contributed by atoms with E-state index in [1.54, 1.807) is 12.1 Å². The minimum Gasteiger partial charge on any atom is -0.396 e. The molecule has 0 unspecified atom stereocenters. The highest BCUT2D eigenvalue weighted by Crippen LogP contribution is 2.18. The van der Waals surface area contributed by atoms with E-state index < -0.39 is 0 Å². The van der Waals surface area contributed by atoms with Gasteiger partial charge in [-0.1, -0.05) is 19.9 Å². The van der Waals surface area contributed by atoms with Gasteiger partial charge in [0, 0.05) is 0 Å². The van der Waals surface area contributed by atoms with E-state index in [4.69, 9.17) is 5.73 Å². The monoisotopic (exact) mass is 189 g/mol. The van der Waals surface area contributed by atoms with Crippen LogP contribution < -0.4 is 5.73 Å². The van der Waals surface area contributed by atoms with Gasteiger partial charge in [0.1, 0.15) is 5.82 Å². The standard InChI is InChI=1S/C9H12FN.ClH/c1-6(2)7-3-4-8(10)9(11)5-7;/h3-6H,11H2,1-2H3;1H. The zero-order valence-electron chi connectivity index (χ0n) is 7.17. The molecular weight excluding hydrogens is 177 g/mol. The van der Waals surface area contributed by atoms with E-state index in [9.17, 15) is 4.39 Å². The summed E-state index contributed by atoms with van der Waals surface area (Å²) in [6.07, 6.45) is 0. The van der Waals surface area contributed by atoms with Gasteiger partial charge in [0.15, 0.2) is 0 Å². The van der Waals surface area contributed by atoms with Crippen LogP contribution in [0.4, 0.5) is 10.1 Å². The van der Waals surface area contributed by atoms with Crippen LogP contribution in [-0.4, -0.2) is 0 Å². The molecular formula is C9H13ClFN. The predicted molar refractivity (Wildman–Crippen MR) is 52.1 cm³/mol.